The van der Waals surface area contributed by atoms with Crippen molar-refractivity contribution in [2.24, 2.45) is 5.92 Å². The molecule has 0 aliphatic heterocycles. The Labute approximate surface area is 105 Å². The Hall–Kier alpha value is -0.620. The minimum atomic E-state index is -3.17. The van der Waals surface area contributed by atoms with Gasteiger partial charge in [0.25, 0.3) is 0 Å². The lowest BCUT2D eigenvalue weighted by Crippen LogP contribution is -2.39. The average molecular weight is 264 g/mol. The van der Waals surface area contributed by atoms with Crippen molar-refractivity contribution >= 4 is 15.9 Å². The van der Waals surface area contributed by atoms with Gasteiger partial charge in [0.1, 0.15) is 0 Å². The largest absolute Gasteiger partial charge is 0.341 e. The molecule has 0 aliphatic carbocycles. The summed E-state index contributed by atoms with van der Waals surface area (Å²) in [5.74, 6) is 0.497. The molecule has 0 bridgehead atoms. The van der Waals surface area contributed by atoms with Crippen LogP contribution in [-0.2, 0) is 14.8 Å². The Kier molecular flexibility index (Phi) is 7.38. The summed E-state index contributed by atoms with van der Waals surface area (Å²) in [4.78, 5) is 13.0. The zero-order chi connectivity index (χ0) is 13.5. The van der Waals surface area contributed by atoms with Crippen LogP contribution >= 0.6 is 0 Å². The number of carbonyl (C=O) groups excluding carboxylic acids is 1. The molecule has 0 radical (unpaired) electrons. The van der Waals surface area contributed by atoms with Gasteiger partial charge < -0.3 is 4.90 Å². The second-order valence-electron chi connectivity index (χ2n) is 4.57. The first-order chi connectivity index (χ1) is 7.78. The second-order valence-corrected chi connectivity index (χ2v) is 6.50. The highest BCUT2D eigenvalue weighted by Gasteiger charge is 2.12. The molecule has 0 heterocycles. The monoisotopic (exact) mass is 264 g/mol. The standard InChI is InChI=1S/C11H24N2O3S/c1-5-8-17(15,16)12-6-7-13(11(4)14)9-10(2)3/h10,12H,5-9H2,1-4H3. The number of nitrogens with zero attached hydrogens (tertiary/aromatic N) is 1. The molecule has 6 heteroatoms. The lowest BCUT2D eigenvalue weighted by atomic mass is 10.2. The number of amides is 1. The van der Waals surface area contributed by atoms with Crippen molar-refractivity contribution in [1.29, 1.82) is 0 Å². The van der Waals surface area contributed by atoms with Crippen molar-refractivity contribution in [2.75, 3.05) is 25.4 Å². The topological polar surface area (TPSA) is 66.5 Å². The van der Waals surface area contributed by atoms with Gasteiger partial charge in [-0.25, -0.2) is 13.1 Å². The van der Waals surface area contributed by atoms with Gasteiger partial charge in [-0.15, -0.1) is 0 Å². The van der Waals surface area contributed by atoms with Gasteiger partial charge in [0, 0.05) is 26.6 Å². The number of hydrogen-bond acceptors (Lipinski definition) is 3. The van der Waals surface area contributed by atoms with Crippen molar-refractivity contribution in [2.45, 2.75) is 34.1 Å². The van der Waals surface area contributed by atoms with E-state index in [0.29, 0.717) is 25.4 Å². The van der Waals surface area contributed by atoms with Crippen LogP contribution in [0.5, 0.6) is 0 Å². The van der Waals surface area contributed by atoms with Crippen molar-refractivity contribution in [3.8, 4) is 0 Å². The van der Waals surface area contributed by atoms with E-state index in [1.54, 1.807) is 4.90 Å². The molecule has 0 spiro atoms. The molecule has 0 aromatic carbocycles. The van der Waals surface area contributed by atoms with E-state index in [4.69, 9.17) is 0 Å². The van der Waals surface area contributed by atoms with E-state index in [-0.39, 0.29) is 18.2 Å². The first kappa shape index (κ1) is 16.4. The van der Waals surface area contributed by atoms with E-state index in [9.17, 15) is 13.2 Å². The van der Waals surface area contributed by atoms with Crippen LogP contribution in [0.1, 0.15) is 34.1 Å². The van der Waals surface area contributed by atoms with Crippen LogP contribution in [0.3, 0.4) is 0 Å². The fourth-order valence-corrected chi connectivity index (χ4v) is 2.58. The second kappa shape index (κ2) is 7.66. The van der Waals surface area contributed by atoms with Crippen LogP contribution in [0.25, 0.3) is 0 Å². The Bertz CT molecular complexity index is 326. The third kappa shape index (κ3) is 8.15. The van der Waals surface area contributed by atoms with Crippen molar-refractivity contribution in [1.82, 2.24) is 9.62 Å². The van der Waals surface area contributed by atoms with Crippen LogP contribution in [0.2, 0.25) is 0 Å². The number of rotatable bonds is 8. The molecule has 0 aromatic heterocycles. The molecule has 1 N–H and O–H groups in total. The van der Waals surface area contributed by atoms with E-state index < -0.39 is 10.0 Å². The molecule has 0 saturated carbocycles. The van der Waals surface area contributed by atoms with Crippen LogP contribution in [0.15, 0.2) is 0 Å². The van der Waals surface area contributed by atoms with Crippen LogP contribution < -0.4 is 4.72 Å². The van der Waals surface area contributed by atoms with Gasteiger partial charge in [-0.3, -0.25) is 4.79 Å². The van der Waals surface area contributed by atoms with Gasteiger partial charge in [-0.2, -0.15) is 0 Å². The first-order valence-corrected chi connectivity index (χ1v) is 7.66. The number of sulfonamides is 1. The van der Waals surface area contributed by atoms with E-state index >= 15 is 0 Å². The summed E-state index contributed by atoms with van der Waals surface area (Å²) in [5.41, 5.74) is 0. The minimum Gasteiger partial charge on any atom is -0.341 e. The summed E-state index contributed by atoms with van der Waals surface area (Å²) in [6.45, 7) is 8.74. The van der Waals surface area contributed by atoms with E-state index in [1.165, 1.54) is 6.92 Å². The van der Waals surface area contributed by atoms with Gasteiger partial charge >= 0.3 is 0 Å². The molecular weight excluding hydrogens is 240 g/mol. The molecular formula is C11H24N2O3S. The number of hydrogen-bond donors (Lipinski definition) is 1. The Morgan fingerprint density at radius 2 is 1.94 bits per heavy atom. The molecule has 102 valence electrons. The molecule has 0 unspecified atom stereocenters. The quantitative estimate of drug-likeness (QED) is 0.706. The zero-order valence-electron chi connectivity index (χ0n) is 11.2. The molecule has 0 fully saturated rings. The number of carbonyl (C=O) groups is 1. The van der Waals surface area contributed by atoms with Crippen molar-refractivity contribution < 1.29 is 13.2 Å². The maximum absolute atomic E-state index is 11.4. The van der Waals surface area contributed by atoms with Crippen LogP contribution in [0.4, 0.5) is 0 Å². The van der Waals surface area contributed by atoms with Gasteiger partial charge in [0.15, 0.2) is 0 Å². The third-order valence-electron chi connectivity index (χ3n) is 2.21. The minimum absolute atomic E-state index is 0.0200. The Morgan fingerprint density at radius 1 is 1.35 bits per heavy atom. The van der Waals surface area contributed by atoms with Crippen molar-refractivity contribution in [3.05, 3.63) is 0 Å². The zero-order valence-corrected chi connectivity index (χ0v) is 12.0. The highest BCUT2D eigenvalue weighted by Crippen LogP contribution is 1.98. The molecule has 0 atom stereocenters. The smallest absolute Gasteiger partial charge is 0.219 e. The van der Waals surface area contributed by atoms with Gasteiger partial charge in [0.2, 0.25) is 15.9 Å². The van der Waals surface area contributed by atoms with Gasteiger partial charge in [0.05, 0.1) is 5.75 Å². The summed E-state index contributed by atoms with van der Waals surface area (Å²) in [7, 11) is -3.17. The SMILES string of the molecule is CCCS(=O)(=O)NCCN(CC(C)C)C(C)=O. The first-order valence-electron chi connectivity index (χ1n) is 6.01. The highest BCUT2D eigenvalue weighted by atomic mass is 32.2. The maximum atomic E-state index is 11.4. The van der Waals surface area contributed by atoms with Crippen LogP contribution in [0, 0.1) is 5.92 Å². The van der Waals surface area contributed by atoms with Gasteiger partial charge in [-0.1, -0.05) is 20.8 Å². The summed E-state index contributed by atoms with van der Waals surface area (Å²) >= 11 is 0. The van der Waals surface area contributed by atoms with E-state index in [2.05, 4.69) is 4.72 Å². The molecule has 0 aliphatic rings. The van der Waals surface area contributed by atoms with E-state index in [0.717, 1.165) is 0 Å². The maximum Gasteiger partial charge on any atom is 0.219 e. The molecule has 5 nitrogen and oxygen atoms in total. The number of nitrogens with one attached hydrogen (secondary N) is 1. The third-order valence-corrected chi connectivity index (χ3v) is 3.80. The molecule has 0 rings (SSSR count). The lowest BCUT2D eigenvalue weighted by Gasteiger charge is -2.23. The Morgan fingerprint density at radius 3 is 2.35 bits per heavy atom. The molecule has 0 aromatic rings. The average Bonchev–Trinajstić information content (AvgIpc) is 2.14. The summed E-state index contributed by atoms with van der Waals surface area (Å²) in [6, 6.07) is 0. The molecule has 1 amide bonds. The molecule has 0 saturated heterocycles. The fourth-order valence-electron chi connectivity index (χ4n) is 1.50. The summed E-state index contributed by atoms with van der Waals surface area (Å²) in [5, 5.41) is 0. The predicted molar refractivity (Wildman–Crippen MR) is 69.2 cm³/mol. The molecule has 17 heavy (non-hydrogen) atoms. The highest BCUT2D eigenvalue weighted by molar-refractivity contribution is 7.89. The van der Waals surface area contributed by atoms with E-state index in [1.807, 2.05) is 20.8 Å². The van der Waals surface area contributed by atoms with Gasteiger partial charge in [-0.05, 0) is 12.3 Å². The lowest BCUT2D eigenvalue weighted by molar-refractivity contribution is -0.129. The fraction of sp³-hybridized carbons (Fsp3) is 0.909. The normalized spacial score (nSPS) is 11.8. The Balaban J connectivity index is 4.11. The predicted octanol–water partition coefficient (Wildman–Crippen LogP) is 0.820. The van der Waals surface area contributed by atoms with Crippen molar-refractivity contribution in [3.63, 3.8) is 0 Å². The van der Waals surface area contributed by atoms with Crippen LogP contribution in [-0.4, -0.2) is 44.6 Å². The summed E-state index contributed by atoms with van der Waals surface area (Å²) in [6.07, 6.45) is 0.595. The summed E-state index contributed by atoms with van der Waals surface area (Å²) < 4.78 is 25.3.